The molecule has 1 aromatic carbocycles. The Morgan fingerprint density at radius 1 is 1.21 bits per heavy atom. The average molecular weight is 314 g/mol. The molecule has 3 N–H and O–H groups in total. The van der Waals surface area contributed by atoms with Crippen molar-refractivity contribution < 1.29 is 13.9 Å². The lowest BCUT2D eigenvalue weighted by Crippen LogP contribution is -2.28. The van der Waals surface area contributed by atoms with Gasteiger partial charge in [-0.3, -0.25) is 0 Å². The standard InChI is InChI=1S/C13H18ClF2NO.ClH/c1-7(2)3-4-11(18)13(17)12-9(15)5-8(14)6-10(12)16;/h5-7,11,13,18H,3-4,17H2,1-2H3;1H/t11-,13-;/m0./s1. The van der Waals surface area contributed by atoms with E-state index in [0.29, 0.717) is 12.3 Å². The zero-order valence-electron chi connectivity index (χ0n) is 10.9. The molecule has 19 heavy (non-hydrogen) atoms. The minimum Gasteiger partial charge on any atom is -0.391 e. The fourth-order valence-electron chi connectivity index (χ4n) is 1.75. The number of aliphatic hydroxyl groups excluding tert-OH is 1. The van der Waals surface area contributed by atoms with Crippen LogP contribution in [0.15, 0.2) is 12.1 Å². The molecule has 2 nitrogen and oxygen atoms in total. The third kappa shape index (κ3) is 5.22. The van der Waals surface area contributed by atoms with E-state index in [1.54, 1.807) is 0 Å². The molecule has 110 valence electrons. The number of benzene rings is 1. The van der Waals surface area contributed by atoms with Gasteiger partial charge in [0, 0.05) is 10.6 Å². The Hall–Kier alpha value is -0.420. The molecule has 0 aromatic heterocycles. The number of halogens is 4. The summed E-state index contributed by atoms with van der Waals surface area (Å²) >= 11 is 5.53. The lowest BCUT2D eigenvalue weighted by Gasteiger charge is -2.21. The first kappa shape index (κ1) is 18.6. The Morgan fingerprint density at radius 3 is 2.11 bits per heavy atom. The molecule has 0 spiro atoms. The van der Waals surface area contributed by atoms with E-state index in [4.69, 9.17) is 17.3 Å². The van der Waals surface area contributed by atoms with Crippen LogP contribution in [-0.4, -0.2) is 11.2 Å². The van der Waals surface area contributed by atoms with Gasteiger partial charge in [-0.2, -0.15) is 0 Å². The van der Waals surface area contributed by atoms with Crippen molar-refractivity contribution in [1.82, 2.24) is 0 Å². The maximum atomic E-state index is 13.6. The minimum atomic E-state index is -1.08. The summed E-state index contributed by atoms with van der Waals surface area (Å²) in [6, 6.07) is 0.908. The maximum absolute atomic E-state index is 13.6. The second-order valence-corrected chi connectivity index (χ2v) is 5.28. The number of hydrogen-bond donors (Lipinski definition) is 2. The fourth-order valence-corrected chi connectivity index (χ4v) is 1.94. The van der Waals surface area contributed by atoms with E-state index in [-0.39, 0.29) is 23.0 Å². The fraction of sp³-hybridized carbons (Fsp3) is 0.538. The van der Waals surface area contributed by atoms with Crippen LogP contribution in [0, 0.1) is 17.6 Å². The molecular formula is C13H19Cl2F2NO. The Kier molecular flexibility index (Phi) is 7.82. The summed E-state index contributed by atoms with van der Waals surface area (Å²) in [6.45, 7) is 4.00. The van der Waals surface area contributed by atoms with Crippen LogP contribution in [0.25, 0.3) is 0 Å². The first-order valence-electron chi connectivity index (χ1n) is 5.91. The van der Waals surface area contributed by atoms with Gasteiger partial charge in [0.25, 0.3) is 0 Å². The second-order valence-electron chi connectivity index (χ2n) is 4.85. The van der Waals surface area contributed by atoms with Crippen molar-refractivity contribution in [2.24, 2.45) is 11.7 Å². The quantitative estimate of drug-likeness (QED) is 0.867. The third-order valence-corrected chi connectivity index (χ3v) is 3.05. The van der Waals surface area contributed by atoms with Crippen LogP contribution in [-0.2, 0) is 0 Å². The molecule has 2 atom stereocenters. The number of aliphatic hydroxyl groups is 1. The molecule has 0 aliphatic heterocycles. The zero-order valence-corrected chi connectivity index (χ0v) is 12.4. The van der Waals surface area contributed by atoms with Gasteiger partial charge in [-0.25, -0.2) is 8.78 Å². The molecule has 1 rings (SSSR count). The average Bonchev–Trinajstić information content (AvgIpc) is 2.24. The van der Waals surface area contributed by atoms with Crippen LogP contribution < -0.4 is 5.73 Å². The normalized spacial score (nSPS) is 14.1. The smallest absolute Gasteiger partial charge is 0.132 e. The Balaban J connectivity index is 0.00000324. The van der Waals surface area contributed by atoms with Gasteiger partial charge in [-0.05, 0) is 30.9 Å². The molecule has 6 heteroatoms. The lowest BCUT2D eigenvalue weighted by molar-refractivity contribution is 0.125. The summed E-state index contributed by atoms with van der Waals surface area (Å²) in [4.78, 5) is 0. The summed E-state index contributed by atoms with van der Waals surface area (Å²) in [6.07, 6.45) is 0.170. The monoisotopic (exact) mass is 313 g/mol. The molecule has 0 aliphatic rings. The molecule has 0 amide bonds. The molecule has 0 aliphatic carbocycles. The molecule has 0 radical (unpaired) electrons. The molecule has 0 heterocycles. The maximum Gasteiger partial charge on any atom is 0.132 e. The number of rotatable bonds is 5. The van der Waals surface area contributed by atoms with Crippen LogP contribution in [0.4, 0.5) is 8.78 Å². The van der Waals surface area contributed by atoms with Crippen LogP contribution in [0.1, 0.15) is 38.3 Å². The first-order valence-corrected chi connectivity index (χ1v) is 6.28. The molecule has 0 fully saturated rings. The van der Waals surface area contributed by atoms with Crippen molar-refractivity contribution in [3.05, 3.63) is 34.4 Å². The second kappa shape index (κ2) is 8.00. The summed E-state index contributed by atoms with van der Waals surface area (Å²) < 4.78 is 27.2. The largest absolute Gasteiger partial charge is 0.391 e. The van der Waals surface area contributed by atoms with E-state index < -0.39 is 23.8 Å². The minimum absolute atomic E-state index is 0. The van der Waals surface area contributed by atoms with Gasteiger partial charge in [-0.15, -0.1) is 12.4 Å². The van der Waals surface area contributed by atoms with Gasteiger partial charge >= 0.3 is 0 Å². The van der Waals surface area contributed by atoms with Crippen LogP contribution in [0.5, 0.6) is 0 Å². The highest BCUT2D eigenvalue weighted by Crippen LogP contribution is 2.27. The zero-order chi connectivity index (χ0) is 13.9. The van der Waals surface area contributed by atoms with Crippen LogP contribution >= 0.6 is 24.0 Å². The highest BCUT2D eigenvalue weighted by atomic mass is 35.5. The first-order chi connectivity index (χ1) is 8.32. The van der Waals surface area contributed by atoms with E-state index in [2.05, 4.69) is 0 Å². The summed E-state index contributed by atoms with van der Waals surface area (Å²) in [5, 5.41) is 9.82. The van der Waals surface area contributed by atoms with Gasteiger partial charge in [0.05, 0.1) is 12.1 Å². The van der Waals surface area contributed by atoms with Crippen molar-refractivity contribution in [1.29, 1.82) is 0 Å². The van der Waals surface area contributed by atoms with E-state index in [1.165, 1.54) is 0 Å². The summed E-state index contributed by atoms with van der Waals surface area (Å²) in [7, 11) is 0. The van der Waals surface area contributed by atoms with Gasteiger partial charge in [0.1, 0.15) is 11.6 Å². The molecule has 0 unspecified atom stereocenters. The molecular weight excluding hydrogens is 295 g/mol. The molecule has 0 saturated carbocycles. The van der Waals surface area contributed by atoms with E-state index in [9.17, 15) is 13.9 Å². The van der Waals surface area contributed by atoms with E-state index >= 15 is 0 Å². The predicted octanol–water partition coefficient (Wildman–Crippen LogP) is 3.84. The Bertz CT molecular complexity index is 393. The van der Waals surface area contributed by atoms with Gasteiger partial charge in [0.2, 0.25) is 0 Å². The predicted molar refractivity (Wildman–Crippen MR) is 75.6 cm³/mol. The number of hydrogen-bond acceptors (Lipinski definition) is 2. The lowest BCUT2D eigenvalue weighted by atomic mass is 9.95. The SMILES string of the molecule is CC(C)CC[C@H](O)[C@H](N)c1c(F)cc(Cl)cc1F.Cl. The Morgan fingerprint density at radius 2 is 1.68 bits per heavy atom. The van der Waals surface area contributed by atoms with Crippen molar-refractivity contribution in [3.63, 3.8) is 0 Å². The summed E-state index contributed by atoms with van der Waals surface area (Å²) in [5.74, 6) is -1.25. The molecule has 1 aromatic rings. The molecule has 0 saturated heterocycles. The van der Waals surface area contributed by atoms with Crippen LogP contribution in [0.3, 0.4) is 0 Å². The van der Waals surface area contributed by atoms with Crippen LogP contribution in [0.2, 0.25) is 5.02 Å². The highest BCUT2D eigenvalue weighted by Gasteiger charge is 2.24. The van der Waals surface area contributed by atoms with Gasteiger partial charge in [0.15, 0.2) is 0 Å². The van der Waals surface area contributed by atoms with Crippen molar-refractivity contribution in [3.8, 4) is 0 Å². The number of nitrogens with two attached hydrogens (primary N) is 1. The van der Waals surface area contributed by atoms with Gasteiger partial charge < -0.3 is 10.8 Å². The van der Waals surface area contributed by atoms with E-state index in [1.807, 2.05) is 13.8 Å². The van der Waals surface area contributed by atoms with Crippen molar-refractivity contribution in [2.75, 3.05) is 0 Å². The van der Waals surface area contributed by atoms with Crippen molar-refractivity contribution in [2.45, 2.75) is 38.8 Å². The Labute approximate surface area is 123 Å². The van der Waals surface area contributed by atoms with Crippen molar-refractivity contribution >= 4 is 24.0 Å². The topological polar surface area (TPSA) is 46.2 Å². The molecule has 0 bridgehead atoms. The summed E-state index contributed by atoms with van der Waals surface area (Å²) in [5.41, 5.74) is 5.39. The highest BCUT2D eigenvalue weighted by molar-refractivity contribution is 6.30. The van der Waals surface area contributed by atoms with E-state index in [0.717, 1.165) is 18.6 Å². The third-order valence-electron chi connectivity index (χ3n) is 2.83. The van der Waals surface area contributed by atoms with Gasteiger partial charge in [-0.1, -0.05) is 25.4 Å².